The molecule has 0 radical (unpaired) electrons. The lowest BCUT2D eigenvalue weighted by atomic mass is 9.98. The van der Waals surface area contributed by atoms with Crippen LogP contribution >= 0.6 is 0 Å². The molecule has 0 spiro atoms. The first kappa shape index (κ1) is 10.1. The van der Waals surface area contributed by atoms with Gasteiger partial charge in [0.25, 0.3) is 11.7 Å². The van der Waals surface area contributed by atoms with Crippen LogP contribution in [0.25, 0.3) is 0 Å². The smallest absolute Gasteiger partial charge is 0.292 e. The highest BCUT2D eigenvalue weighted by Gasteiger charge is 2.22. The third-order valence-corrected chi connectivity index (χ3v) is 2.56. The van der Waals surface area contributed by atoms with Crippen molar-refractivity contribution in [3.63, 3.8) is 0 Å². The molecule has 6 nitrogen and oxygen atoms in total. The zero-order valence-corrected chi connectivity index (χ0v) is 8.62. The van der Waals surface area contributed by atoms with E-state index >= 15 is 0 Å². The summed E-state index contributed by atoms with van der Waals surface area (Å²) in [6.45, 7) is 1.92. The van der Waals surface area contributed by atoms with Crippen molar-refractivity contribution in [2.24, 2.45) is 0 Å². The zero-order chi connectivity index (χ0) is 10.7. The molecule has 0 atom stereocenters. The highest BCUT2D eigenvalue weighted by atomic mass is 16.5. The van der Waals surface area contributed by atoms with Crippen molar-refractivity contribution in [2.45, 2.75) is 18.8 Å². The van der Waals surface area contributed by atoms with Gasteiger partial charge in [-0.05, 0) is 25.9 Å². The Labute approximate surface area is 87.4 Å². The summed E-state index contributed by atoms with van der Waals surface area (Å²) in [5.74, 6) is 0.678. The van der Waals surface area contributed by atoms with E-state index in [1.807, 2.05) is 0 Å². The maximum absolute atomic E-state index is 11.2. The highest BCUT2D eigenvalue weighted by molar-refractivity contribution is 5.89. The molecule has 82 valence electrons. The maximum atomic E-state index is 11.2. The van der Waals surface area contributed by atoms with Crippen LogP contribution in [-0.4, -0.2) is 36.2 Å². The molecular formula is C9H14N4O2. The maximum Gasteiger partial charge on any atom is 0.292 e. The first-order chi connectivity index (χ1) is 7.31. The second-order valence-corrected chi connectivity index (χ2v) is 3.56. The molecular weight excluding hydrogens is 196 g/mol. The molecule has 1 saturated heterocycles. The molecule has 0 saturated carbocycles. The SMILES string of the molecule is CNC(=O)c1noc(C2CCNCC2)n1. The van der Waals surface area contributed by atoms with E-state index in [4.69, 9.17) is 4.52 Å². The molecule has 1 aliphatic rings. The van der Waals surface area contributed by atoms with Crippen molar-refractivity contribution < 1.29 is 9.32 Å². The van der Waals surface area contributed by atoms with Gasteiger partial charge in [0.05, 0.1) is 0 Å². The average molecular weight is 210 g/mol. The minimum Gasteiger partial charge on any atom is -0.352 e. The summed E-state index contributed by atoms with van der Waals surface area (Å²) in [5.41, 5.74) is 0. The topological polar surface area (TPSA) is 80.0 Å². The number of aromatic nitrogens is 2. The summed E-state index contributed by atoms with van der Waals surface area (Å²) in [4.78, 5) is 15.3. The quantitative estimate of drug-likeness (QED) is 0.712. The summed E-state index contributed by atoms with van der Waals surface area (Å²) in [5, 5.41) is 9.36. The van der Waals surface area contributed by atoms with Crippen molar-refractivity contribution in [3.05, 3.63) is 11.7 Å². The average Bonchev–Trinajstić information content (AvgIpc) is 2.78. The van der Waals surface area contributed by atoms with Crippen molar-refractivity contribution in [1.29, 1.82) is 0 Å². The van der Waals surface area contributed by atoms with Gasteiger partial charge in [0.15, 0.2) is 0 Å². The van der Waals surface area contributed by atoms with Crippen LogP contribution in [0, 0.1) is 0 Å². The predicted molar refractivity (Wildman–Crippen MR) is 52.5 cm³/mol. The van der Waals surface area contributed by atoms with E-state index in [1.165, 1.54) is 0 Å². The van der Waals surface area contributed by atoms with Crippen LogP contribution in [0.5, 0.6) is 0 Å². The lowest BCUT2D eigenvalue weighted by Gasteiger charge is -2.18. The van der Waals surface area contributed by atoms with Crippen LogP contribution in [0.2, 0.25) is 0 Å². The normalized spacial score (nSPS) is 17.7. The summed E-state index contributed by atoms with van der Waals surface area (Å²) < 4.78 is 5.08. The molecule has 0 aromatic carbocycles. The molecule has 1 aliphatic heterocycles. The molecule has 2 N–H and O–H groups in total. The Balaban J connectivity index is 2.08. The standard InChI is InChI=1S/C9H14N4O2/c1-10-8(14)7-12-9(15-13-7)6-2-4-11-5-3-6/h6,11H,2-5H2,1H3,(H,10,14). The fourth-order valence-corrected chi connectivity index (χ4v) is 1.67. The van der Waals surface area contributed by atoms with Crippen LogP contribution < -0.4 is 10.6 Å². The summed E-state index contributed by atoms with van der Waals surface area (Å²) in [6.07, 6.45) is 1.96. The Morgan fingerprint density at radius 2 is 2.27 bits per heavy atom. The van der Waals surface area contributed by atoms with Crippen LogP contribution in [0.1, 0.15) is 35.3 Å². The number of hydrogen-bond acceptors (Lipinski definition) is 5. The monoisotopic (exact) mass is 210 g/mol. The number of nitrogens with one attached hydrogen (secondary N) is 2. The third kappa shape index (κ3) is 2.15. The predicted octanol–water partition coefficient (Wildman–Crippen LogP) is -0.104. The Bertz CT molecular complexity index is 344. The molecule has 1 amide bonds. The lowest BCUT2D eigenvalue weighted by Crippen LogP contribution is -2.27. The second-order valence-electron chi connectivity index (χ2n) is 3.56. The van der Waals surface area contributed by atoms with Gasteiger partial charge < -0.3 is 15.2 Å². The Morgan fingerprint density at radius 3 is 2.93 bits per heavy atom. The van der Waals surface area contributed by atoms with Crippen molar-refractivity contribution in [2.75, 3.05) is 20.1 Å². The summed E-state index contributed by atoms with van der Waals surface area (Å²) in [7, 11) is 1.54. The van der Waals surface area contributed by atoms with Crippen molar-refractivity contribution in [3.8, 4) is 0 Å². The van der Waals surface area contributed by atoms with E-state index < -0.39 is 0 Å². The molecule has 2 heterocycles. The van der Waals surface area contributed by atoms with Gasteiger partial charge in [-0.1, -0.05) is 5.16 Å². The first-order valence-corrected chi connectivity index (χ1v) is 5.07. The summed E-state index contributed by atoms with van der Waals surface area (Å²) >= 11 is 0. The minimum atomic E-state index is -0.307. The minimum absolute atomic E-state index is 0.117. The van der Waals surface area contributed by atoms with Crippen LogP contribution in [0.3, 0.4) is 0 Å². The van der Waals surface area contributed by atoms with Gasteiger partial charge in [-0.2, -0.15) is 4.98 Å². The fraction of sp³-hybridized carbons (Fsp3) is 0.667. The molecule has 1 aromatic heterocycles. The fourth-order valence-electron chi connectivity index (χ4n) is 1.67. The Morgan fingerprint density at radius 1 is 1.53 bits per heavy atom. The van der Waals surface area contributed by atoms with Gasteiger partial charge in [0, 0.05) is 13.0 Å². The largest absolute Gasteiger partial charge is 0.352 e. The zero-order valence-electron chi connectivity index (χ0n) is 8.62. The van der Waals surface area contributed by atoms with Crippen LogP contribution in [0.15, 0.2) is 4.52 Å². The number of carbonyl (C=O) groups is 1. The molecule has 0 bridgehead atoms. The number of nitrogens with zero attached hydrogens (tertiary/aromatic N) is 2. The Kier molecular flexibility index (Phi) is 2.96. The lowest BCUT2D eigenvalue weighted by molar-refractivity contribution is 0.0950. The van der Waals surface area contributed by atoms with E-state index in [0.29, 0.717) is 5.89 Å². The van der Waals surface area contributed by atoms with E-state index in [0.717, 1.165) is 25.9 Å². The molecule has 1 aromatic rings. The number of hydrogen-bond donors (Lipinski definition) is 2. The molecule has 6 heteroatoms. The van der Waals surface area contributed by atoms with Crippen LogP contribution in [0.4, 0.5) is 0 Å². The van der Waals surface area contributed by atoms with E-state index in [9.17, 15) is 4.79 Å². The van der Waals surface area contributed by atoms with Gasteiger partial charge in [-0.25, -0.2) is 0 Å². The number of piperidine rings is 1. The first-order valence-electron chi connectivity index (χ1n) is 5.07. The molecule has 0 aliphatic carbocycles. The van der Waals surface area contributed by atoms with Gasteiger partial charge in [-0.3, -0.25) is 4.79 Å². The molecule has 0 unspecified atom stereocenters. The second kappa shape index (κ2) is 4.39. The molecule has 15 heavy (non-hydrogen) atoms. The molecule has 2 rings (SSSR count). The van der Waals surface area contributed by atoms with Crippen molar-refractivity contribution >= 4 is 5.91 Å². The third-order valence-electron chi connectivity index (χ3n) is 2.56. The number of carbonyl (C=O) groups excluding carboxylic acids is 1. The number of amides is 1. The highest BCUT2D eigenvalue weighted by Crippen LogP contribution is 2.23. The van der Waals surface area contributed by atoms with E-state index in [2.05, 4.69) is 20.8 Å². The van der Waals surface area contributed by atoms with Crippen LogP contribution in [-0.2, 0) is 0 Å². The van der Waals surface area contributed by atoms with E-state index in [1.54, 1.807) is 7.05 Å². The molecule has 1 fully saturated rings. The van der Waals surface area contributed by atoms with Crippen molar-refractivity contribution in [1.82, 2.24) is 20.8 Å². The van der Waals surface area contributed by atoms with Gasteiger partial charge >= 0.3 is 0 Å². The van der Waals surface area contributed by atoms with Gasteiger partial charge in [-0.15, -0.1) is 0 Å². The van der Waals surface area contributed by atoms with E-state index in [-0.39, 0.29) is 17.6 Å². The van der Waals surface area contributed by atoms with Gasteiger partial charge in [0.1, 0.15) is 0 Å². The summed E-state index contributed by atoms with van der Waals surface area (Å²) in [6, 6.07) is 0. The van der Waals surface area contributed by atoms with Gasteiger partial charge in [0.2, 0.25) is 5.89 Å². The number of rotatable bonds is 2. The Hall–Kier alpha value is -1.43.